The highest BCUT2D eigenvalue weighted by molar-refractivity contribution is 5.79. The lowest BCUT2D eigenvalue weighted by molar-refractivity contribution is -0.126. The number of nitrogens with two attached hydrogens (primary N) is 1. The molecule has 0 aromatic carbocycles. The third kappa shape index (κ3) is 3.36. The van der Waals surface area contributed by atoms with Gasteiger partial charge in [-0.25, -0.2) is 0 Å². The maximum atomic E-state index is 11.7. The fourth-order valence-electron chi connectivity index (χ4n) is 1.38. The van der Waals surface area contributed by atoms with E-state index in [2.05, 4.69) is 15.5 Å². The lowest BCUT2D eigenvalue weighted by Gasteiger charge is -2.17. The molecule has 1 amide bonds. The van der Waals surface area contributed by atoms with E-state index in [0.717, 1.165) is 5.56 Å². The summed E-state index contributed by atoms with van der Waals surface area (Å²) in [7, 11) is 0. The van der Waals surface area contributed by atoms with Crippen LogP contribution in [0.3, 0.4) is 0 Å². The number of hydrogen-bond acceptors (Lipinski definition) is 3. The summed E-state index contributed by atoms with van der Waals surface area (Å²) in [6.45, 7) is 4.87. The summed E-state index contributed by atoms with van der Waals surface area (Å²) in [6.07, 6.45) is 3.44. The molecule has 1 aromatic heterocycles. The Bertz CT molecular complexity index is 294. The average molecular weight is 210 g/mol. The Kier molecular flexibility index (Phi) is 4.30. The highest BCUT2D eigenvalue weighted by atomic mass is 16.1. The third-order valence-electron chi connectivity index (χ3n) is 2.42. The predicted octanol–water partition coefficient (Wildman–Crippen LogP) is 0.257. The Labute approximate surface area is 89.4 Å². The van der Waals surface area contributed by atoms with Crippen LogP contribution in [0.1, 0.15) is 19.4 Å². The summed E-state index contributed by atoms with van der Waals surface area (Å²) in [5.41, 5.74) is 6.51. The molecule has 1 aromatic rings. The topological polar surface area (TPSA) is 83.8 Å². The number of hydrogen-bond donors (Lipinski definition) is 3. The quantitative estimate of drug-likeness (QED) is 0.651. The van der Waals surface area contributed by atoms with Gasteiger partial charge in [-0.05, 0) is 5.92 Å². The fraction of sp³-hybridized carbons (Fsp3) is 0.600. The average Bonchev–Trinajstić information content (AvgIpc) is 2.67. The van der Waals surface area contributed by atoms with E-state index in [-0.39, 0.29) is 17.7 Å². The maximum Gasteiger partial charge on any atom is 0.224 e. The third-order valence-corrected chi connectivity index (χ3v) is 2.42. The number of aromatic amines is 1. The van der Waals surface area contributed by atoms with E-state index in [9.17, 15) is 4.79 Å². The lowest BCUT2D eigenvalue weighted by Crippen LogP contribution is -2.37. The number of amides is 1. The molecular weight excluding hydrogens is 192 g/mol. The van der Waals surface area contributed by atoms with Crippen LogP contribution in [0.15, 0.2) is 12.4 Å². The van der Waals surface area contributed by atoms with E-state index in [0.29, 0.717) is 13.1 Å². The molecule has 15 heavy (non-hydrogen) atoms. The minimum Gasteiger partial charge on any atom is -0.352 e. The molecule has 0 saturated carbocycles. The van der Waals surface area contributed by atoms with Crippen molar-refractivity contribution < 1.29 is 4.79 Å². The Morgan fingerprint density at radius 2 is 2.40 bits per heavy atom. The van der Waals surface area contributed by atoms with Gasteiger partial charge >= 0.3 is 0 Å². The Morgan fingerprint density at radius 3 is 2.87 bits per heavy atom. The summed E-state index contributed by atoms with van der Waals surface area (Å²) < 4.78 is 0. The molecule has 0 saturated heterocycles. The number of aromatic nitrogens is 2. The molecule has 4 N–H and O–H groups in total. The monoisotopic (exact) mass is 210 g/mol. The van der Waals surface area contributed by atoms with Gasteiger partial charge in [0, 0.05) is 24.8 Å². The van der Waals surface area contributed by atoms with Crippen molar-refractivity contribution in [1.82, 2.24) is 15.5 Å². The van der Waals surface area contributed by atoms with Gasteiger partial charge in [-0.15, -0.1) is 0 Å². The van der Waals surface area contributed by atoms with Crippen LogP contribution >= 0.6 is 0 Å². The molecule has 0 radical (unpaired) electrons. The molecule has 0 bridgehead atoms. The molecule has 0 aliphatic carbocycles. The zero-order valence-corrected chi connectivity index (χ0v) is 9.16. The Hall–Kier alpha value is -1.36. The first-order chi connectivity index (χ1) is 7.15. The number of nitrogens with zero attached hydrogens (tertiary/aromatic N) is 1. The highest BCUT2D eigenvalue weighted by Gasteiger charge is 2.19. The zero-order valence-electron chi connectivity index (χ0n) is 9.16. The number of nitrogens with one attached hydrogen (secondary N) is 2. The van der Waals surface area contributed by atoms with Crippen LogP contribution in [0.2, 0.25) is 0 Å². The van der Waals surface area contributed by atoms with Crippen molar-refractivity contribution in [2.45, 2.75) is 20.4 Å². The molecule has 1 heterocycles. The second-order valence-electron chi connectivity index (χ2n) is 3.91. The SMILES string of the molecule is CC(C)C(CN)C(=O)NCc1cn[nH]c1. The summed E-state index contributed by atoms with van der Waals surface area (Å²) >= 11 is 0. The largest absolute Gasteiger partial charge is 0.352 e. The predicted molar refractivity (Wildman–Crippen MR) is 57.8 cm³/mol. The van der Waals surface area contributed by atoms with Gasteiger partial charge in [-0.3, -0.25) is 9.89 Å². The van der Waals surface area contributed by atoms with E-state index in [4.69, 9.17) is 5.73 Å². The normalized spacial score (nSPS) is 12.8. The molecular formula is C10H18N4O. The van der Waals surface area contributed by atoms with Crippen molar-refractivity contribution >= 4 is 5.91 Å². The van der Waals surface area contributed by atoms with Crippen LogP contribution in [-0.2, 0) is 11.3 Å². The lowest BCUT2D eigenvalue weighted by atomic mass is 9.95. The van der Waals surface area contributed by atoms with E-state index >= 15 is 0 Å². The molecule has 0 aliphatic rings. The van der Waals surface area contributed by atoms with Crippen LogP contribution in [0.5, 0.6) is 0 Å². The smallest absolute Gasteiger partial charge is 0.224 e. The van der Waals surface area contributed by atoms with Crippen molar-refractivity contribution in [1.29, 1.82) is 0 Å². The maximum absolute atomic E-state index is 11.7. The Morgan fingerprint density at radius 1 is 1.67 bits per heavy atom. The van der Waals surface area contributed by atoms with Crippen molar-refractivity contribution in [3.8, 4) is 0 Å². The molecule has 0 aliphatic heterocycles. The molecule has 5 nitrogen and oxygen atoms in total. The van der Waals surface area contributed by atoms with E-state index in [1.54, 1.807) is 12.4 Å². The summed E-state index contributed by atoms with van der Waals surface area (Å²) in [6, 6.07) is 0. The Balaban J connectivity index is 2.41. The molecule has 5 heteroatoms. The summed E-state index contributed by atoms with van der Waals surface area (Å²) in [5, 5.41) is 9.33. The highest BCUT2D eigenvalue weighted by Crippen LogP contribution is 2.09. The first-order valence-corrected chi connectivity index (χ1v) is 5.10. The van der Waals surface area contributed by atoms with E-state index < -0.39 is 0 Å². The summed E-state index contributed by atoms with van der Waals surface area (Å²) in [5.74, 6) is 0.157. The fourth-order valence-corrected chi connectivity index (χ4v) is 1.38. The molecule has 1 rings (SSSR count). The number of rotatable bonds is 5. The number of carbonyl (C=O) groups excluding carboxylic acids is 1. The van der Waals surface area contributed by atoms with E-state index in [1.165, 1.54) is 0 Å². The van der Waals surface area contributed by atoms with Gasteiger partial charge in [0.1, 0.15) is 0 Å². The van der Waals surface area contributed by atoms with Crippen LogP contribution in [0, 0.1) is 11.8 Å². The van der Waals surface area contributed by atoms with Crippen molar-refractivity contribution in [3.05, 3.63) is 18.0 Å². The van der Waals surface area contributed by atoms with Crippen molar-refractivity contribution in [3.63, 3.8) is 0 Å². The van der Waals surface area contributed by atoms with Gasteiger partial charge in [-0.2, -0.15) is 5.10 Å². The summed E-state index contributed by atoms with van der Waals surface area (Å²) in [4.78, 5) is 11.7. The van der Waals surface area contributed by atoms with Gasteiger partial charge in [0.15, 0.2) is 0 Å². The number of carbonyl (C=O) groups is 1. The van der Waals surface area contributed by atoms with Crippen molar-refractivity contribution in [2.75, 3.05) is 6.54 Å². The molecule has 0 fully saturated rings. The van der Waals surface area contributed by atoms with Crippen LogP contribution < -0.4 is 11.1 Å². The zero-order chi connectivity index (χ0) is 11.3. The van der Waals surface area contributed by atoms with Crippen LogP contribution in [0.4, 0.5) is 0 Å². The standard InChI is InChI=1S/C10H18N4O/c1-7(2)9(3-11)10(15)12-4-8-5-13-14-6-8/h5-7,9H,3-4,11H2,1-2H3,(H,12,15)(H,13,14). The minimum absolute atomic E-state index is 0.00806. The second-order valence-corrected chi connectivity index (χ2v) is 3.91. The molecule has 1 unspecified atom stereocenters. The van der Waals surface area contributed by atoms with Gasteiger partial charge < -0.3 is 11.1 Å². The second kappa shape index (κ2) is 5.50. The van der Waals surface area contributed by atoms with E-state index in [1.807, 2.05) is 13.8 Å². The molecule has 84 valence electrons. The van der Waals surface area contributed by atoms with Crippen LogP contribution in [-0.4, -0.2) is 22.6 Å². The van der Waals surface area contributed by atoms with Crippen LogP contribution in [0.25, 0.3) is 0 Å². The van der Waals surface area contributed by atoms with Gasteiger partial charge in [-0.1, -0.05) is 13.8 Å². The van der Waals surface area contributed by atoms with Gasteiger partial charge in [0.2, 0.25) is 5.91 Å². The first-order valence-electron chi connectivity index (χ1n) is 5.10. The first kappa shape index (κ1) is 11.7. The number of H-pyrrole nitrogens is 1. The van der Waals surface area contributed by atoms with Gasteiger partial charge in [0.05, 0.1) is 12.1 Å². The van der Waals surface area contributed by atoms with Gasteiger partial charge in [0.25, 0.3) is 0 Å². The molecule has 0 spiro atoms. The molecule has 1 atom stereocenters. The van der Waals surface area contributed by atoms with Crippen molar-refractivity contribution in [2.24, 2.45) is 17.6 Å². The minimum atomic E-state index is -0.114.